The summed E-state index contributed by atoms with van der Waals surface area (Å²) in [6.45, 7) is 11.9. The summed E-state index contributed by atoms with van der Waals surface area (Å²) in [4.78, 5) is 13.0. The van der Waals surface area contributed by atoms with Crippen LogP contribution in [0.4, 0.5) is 0 Å². The summed E-state index contributed by atoms with van der Waals surface area (Å²) in [5.41, 5.74) is 0.308. The minimum atomic E-state index is 0.308. The van der Waals surface area contributed by atoms with Crippen molar-refractivity contribution in [2.75, 3.05) is 33.2 Å². The first-order chi connectivity index (χ1) is 9.96. The third-order valence-corrected chi connectivity index (χ3v) is 5.07. The van der Waals surface area contributed by atoms with Gasteiger partial charge in [-0.05, 0) is 31.1 Å². The number of amidine groups is 1. The average Bonchev–Trinajstić information content (AvgIpc) is 3.09. The number of hydrogen-bond donors (Lipinski definition) is 0. The van der Waals surface area contributed by atoms with Gasteiger partial charge in [-0.1, -0.05) is 20.8 Å². The lowest BCUT2D eigenvalue weighted by Gasteiger charge is -2.38. The number of likely N-dealkylation sites (tertiary alicyclic amines) is 2. The fourth-order valence-corrected chi connectivity index (χ4v) is 4.02. The first kappa shape index (κ1) is 15.3. The van der Waals surface area contributed by atoms with Crippen molar-refractivity contribution >= 4 is 5.84 Å². The van der Waals surface area contributed by atoms with Crippen LogP contribution >= 0.6 is 0 Å². The van der Waals surface area contributed by atoms with Crippen molar-refractivity contribution in [3.05, 3.63) is 0 Å². The van der Waals surface area contributed by atoms with Crippen molar-refractivity contribution in [1.29, 1.82) is 0 Å². The molecule has 0 bridgehead atoms. The van der Waals surface area contributed by atoms with Gasteiger partial charge >= 0.3 is 0 Å². The van der Waals surface area contributed by atoms with Gasteiger partial charge in [0, 0.05) is 39.6 Å². The summed E-state index contributed by atoms with van der Waals surface area (Å²) in [6, 6.07) is 0. The Bertz CT molecular complexity index is 386. The summed E-state index contributed by atoms with van der Waals surface area (Å²) in [6.07, 6.45) is 7.32. The van der Waals surface area contributed by atoms with Crippen molar-refractivity contribution < 1.29 is 0 Å². The second-order valence-corrected chi connectivity index (χ2v) is 8.21. The fraction of sp³-hybridized carbons (Fsp3) is 0.941. The Morgan fingerprint density at radius 1 is 0.952 bits per heavy atom. The smallest absolute Gasteiger partial charge is 0.138 e. The standard InChI is InChI=1S/C17H32N4/c1-17(2,3)13-14-18-15(20-9-5-6-10-20)16(19(14)4)21-11-7-8-12-21/h15-16H,5-13H2,1-4H3/t15-,16-/m0/s1. The maximum atomic E-state index is 5.19. The molecule has 21 heavy (non-hydrogen) atoms. The van der Waals surface area contributed by atoms with E-state index in [1.54, 1.807) is 0 Å². The number of nitrogens with zero attached hydrogens (tertiary/aromatic N) is 4. The maximum Gasteiger partial charge on any atom is 0.138 e. The van der Waals surface area contributed by atoms with Crippen molar-refractivity contribution in [2.45, 2.75) is 65.2 Å². The van der Waals surface area contributed by atoms with Gasteiger partial charge in [0.1, 0.15) is 18.2 Å². The van der Waals surface area contributed by atoms with E-state index < -0.39 is 0 Å². The van der Waals surface area contributed by atoms with E-state index in [0.717, 1.165) is 6.42 Å². The monoisotopic (exact) mass is 292 g/mol. The molecule has 3 heterocycles. The number of rotatable bonds is 3. The van der Waals surface area contributed by atoms with Gasteiger partial charge < -0.3 is 4.90 Å². The highest BCUT2D eigenvalue weighted by molar-refractivity contribution is 5.84. The molecule has 2 atom stereocenters. The molecule has 0 aliphatic carbocycles. The third-order valence-electron chi connectivity index (χ3n) is 5.07. The van der Waals surface area contributed by atoms with E-state index in [2.05, 4.69) is 42.5 Å². The normalized spacial score (nSPS) is 32.2. The van der Waals surface area contributed by atoms with E-state index in [0.29, 0.717) is 17.7 Å². The Hall–Kier alpha value is -0.610. The van der Waals surface area contributed by atoms with E-state index in [9.17, 15) is 0 Å². The van der Waals surface area contributed by atoms with Crippen LogP contribution in [0.5, 0.6) is 0 Å². The van der Waals surface area contributed by atoms with Crippen LogP contribution in [0.3, 0.4) is 0 Å². The molecule has 0 N–H and O–H groups in total. The van der Waals surface area contributed by atoms with Gasteiger partial charge in [-0.2, -0.15) is 0 Å². The lowest BCUT2D eigenvalue weighted by Crippen LogP contribution is -2.54. The third kappa shape index (κ3) is 3.26. The first-order valence-corrected chi connectivity index (χ1v) is 8.73. The SMILES string of the molecule is CN1C(CC(C)(C)C)=N[C@@H](N2CCCC2)[C@@H]1N1CCCC1. The number of hydrogen-bond acceptors (Lipinski definition) is 4. The van der Waals surface area contributed by atoms with Crippen molar-refractivity contribution in [3.8, 4) is 0 Å². The largest absolute Gasteiger partial charge is 0.344 e. The molecule has 3 aliphatic rings. The molecule has 2 fully saturated rings. The molecule has 2 saturated heterocycles. The first-order valence-electron chi connectivity index (χ1n) is 8.73. The zero-order chi connectivity index (χ0) is 15.0. The average molecular weight is 292 g/mol. The molecule has 0 radical (unpaired) electrons. The van der Waals surface area contributed by atoms with E-state index in [1.807, 2.05) is 0 Å². The highest BCUT2D eigenvalue weighted by atomic mass is 15.5. The van der Waals surface area contributed by atoms with Gasteiger partial charge in [-0.15, -0.1) is 0 Å². The molecule has 120 valence electrons. The van der Waals surface area contributed by atoms with E-state index >= 15 is 0 Å². The van der Waals surface area contributed by atoms with Gasteiger partial charge in [0.15, 0.2) is 0 Å². The van der Waals surface area contributed by atoms with Crippen LogP contribution in [0.2, 0.25) is 0 Å². The summed E-state index contributed by atoms with van der Waals surface area (Å²) in [5.74, 6) is 1.32. The van der Waals surface area contributed by atoms with Crippen LogP contribution in [0.1, 0.15) is 52.9 Å². The highest BCUT2D eigenvalue weighted by Crippen LogP contribution is 2.31. The van der Waals surface area contributed by atoms with Crippen LogP contribution in [0.25, 0.3) is 0 Å². The van der Waals surface area contributed by atoms with Gasteiger partial charge in [-0.25, -0.2) is 4.99 Å². The molecule has 0 aromatic heterocycles. The summed E-state index contributed by atoms with van der Waals surface area (Å²) in [5, 5.41) is 0. The second-order valence-electron chi connectivity index (χ2n) is 8.21. The van der Waals surface area contributed by atoms with Gasteiger partial charge in [-0.3, -0.25) is 9.80 Å². The lowest BCUT2D eigenvalue weighted by atomic mass is 9.91. The van der Waals surface area contributed by atoms with Crippen LogP contribution in [-0.2, 0) is 0 Å². The predicted octanol–water partition coefficient (Wildman–Crippen LogP) is 2.61. The Kier molecular flexibility index (Phi) is 4.28. The number of likely N-dealkylation sites (N-methyl/N-ethyl adjacent to an activating group) is 1. The minimum absolute atomic E-state index is 0.308. The molecule has 4 heteroatoms. The Balaban J connectivity index is 1.80. The fourth-order valence-electron chi connectivity index (χ4n) is 4.02. The molecule has 0 spiro atoms. The topological polar surface area (TPSA) is 22.1 Å². The molecule has 0 amide bonds. The lowest BCUT2D eigenvalue weighted by molar-refractivity contribution is 0.0615. The van der Waals surface area contributed by atoms with Gasteiger partial charge in [0.25, 0.3) is 0 Å². The molecular formula is C17H32N4. The quantitative estimate of drug-likeness (QED) is 0.798. The maximum absolute atomic E-state index is 5.19. The molecule has 3 aliphatic heterocycles. The van der Waals surface area contributed by atoms with Crippen LogP contribution in [0.15, 0.2) is 4.99 Å². The Morgan fingerprint density at radius 2 is 1.48 bits per heavy atom. The van der Waals surface area contributed by atoms with Crippen molar-refractivity contribution in [2.24, 2.45) is 10.4 Å². The zero-order valence-corrected chi connectivity index (χ0v) is 14.3. The molecule has 3 rings (SSSR count). The summed E-state index contributed by atoms with van der Waals surface area (Å²) < 4.78 is 0. The molecule has 4 nitrogen and oxygen atoms in total. The van der Waals surface area contributed by atoms with Crippen molar-refractivity contribution in [3.63, 3.8) is 0 Å². The van der Waals surface area contributed by atoms with E-state index in [4.69, 9.17) is 4.99 Å². The molecule has 0 unspecified atom stereocenters. The summed E-state index contributed by atoms with van der Waals surface area (Å²) in [7, 11) is 2.27. The molecule has 0 saturated carbocycles. The van der Waals surface area contributed by atoms with Crippen LogP contribution in [0, 0.1) is 5.41 Å². The predicted molar refractivity (Wildman–Crippen MR) is 88.5 cm³/mol. The minimum Gasteiger partial charge on any atom is -0.344 e. The second kappa shape index (κ2) is 5.88. The van der Waals surface area contributed by atoms with E-state index in [-0.39, 0.29) is 0 Å². The van der Waals surface area contributed by atoms with Gasteiger partial charge in [0.05, 0.1) is 0 Å². The molecular weight excluding hydrogens is 260 g/mol. The number of aliphatic imine (C=N–C) groups is 1. The molecule has 0 aromatic carbocycles. The van der Waals surface area contributed by atoms with Crippen LogP contribution in [-0.4, -0.2) is 66.1 Å². The zero-order valence-electron chi connectivity index (χ0n) is 14.3. The Morgan fingerprint density at radius 3 is 2.00 bits per heavy atom. The van der Waals surface area contributed by atoms with Gasteiger partial charge in [0.2, 0.25) is 0 Å². The highest BCUT2D eigenvalue weighted by Gasteiger charge is 2.42. The summed E-state index contributed by atoms with van der Waals surface area (Å²) >= 11 is 0. The van der Waals surface area contributed by atoms with Crippen molar-refractivity contribution in [1.82, 2.24) is 14.7 Å². The Labute approximate surface area is 130 Å². The van der Waals surface area contributed by atoms with E-state index in [1.165, 1.54) is 57.7 Å². The van der Waals surface area contributed by atoms with Crippen LogP contribution < -0.4 is 0 Å². The molecule has 0 aromatic rings.